The van der Waals surface area contributed by atoms with Crippen molar-refractivity contribution in [2.45, 2.75) is 26.2 Å². The van der Waals surface area contributed by atoms with E-state index in [0.29, 0.717) is 17.9 Å². The summed E-state index contributed by atoms with van der Waals surface area (Å²) in [6.45, 7) is 2.76. The van der Waals surface area contributed by atoms with Gasteiger partial charge in [0.1, 0.15) is 5.75 Å². The van der Waals surface area contributed by atoms with Gasteiger partial charge in [-0.3, -0.25) is 4.79 Å². The molecular weight excluding hydrogens is 204 g/mol. The van der Waals surface area contributed by atoms with Crippen LogP contribution in [0.4, 0.5) is 0 Å². The lowest BCUT2D eigenvalue weighted by molar-refractivity contribution is 0.111. The first-order valence-corrected chi connectivity index (χ1v) is 5.57. The summed E-state index contributed by atoms with van der Waals surface area (Å²) >= 11 is 0. The third kappa shape index (κ3) is 4.03. The lowest BCUT2D eigenvalue weighted by Crippen LogP contribution is -2.00. The molecule has 0 aromatic heterocycles. The molecule has 0 aliphatic heterocycles. The van der Waals surface area contributed by atoms with Crippen molar-refractivity contribution < 1.29 is 14.6 Å². The fraction of sp³-hybridized carbons (Fsp3) is 0.462. The predicted octanol–water partition coefficient (Wildman–Crippen LogP) is 2.35. The van der Waals surface area contributed by atoms with E-state index >= 15 is 0 Å². The van der Waals surface area contributed by atoms with Gasteiger partial charge in [-0.1, -0.05) is 11.6 Å². The standard InChI is InChI=1S/C13H18O3/c1-11-5-6-13(12(9-11)10-15)16-8-4-2-3-7-14/h5-6,9-10,14H,2-4,7-8H2,1H3. The first kappa shape index (κ1) is 12.7. The summed E-state index contributed by atoms with van der Waals surface area (Å²) in [6, 6.07) is 5.57. The molecule has 16 heavy (non-hydrogen) atoms. The average molecular weight is 222 g/mol. The Morgan fingerprint density at radius 1 is 1.31 bits per heavy atom. The number of aliphatic hydroxyl groups is 1. The predicted molar refractivity (Wildman–Crippen MR) is 63.0 cm³/mol. The molecule has 0 fully saturated rings. The molecule has 0 bridgehead atoms. The minimum absolute atomic E-state index is 0.226. The van der Waals surface area contributed by atoms with Gasteiger partial charge in [0, 0.05) is 6.61 Å². The highest BCUT2D eigenvalue weighted by Gasteiger charge is 2.02. The number of rotatable bonds is 7. The Kier molecular flexibility index (Phi) is 5.57. The summed E-state index contributed by atoms with van der Waals surface area (Å²) < 4.78 is 5.52. The van der Waals surface area contributed by atoms with Gasteiger partial charge in [0.25, 0.3) is 0 Å². The van der Waals surface area contributed by atoms with Crippen molar-refractivity contribution in [1.82, 2.24) is 0 Å². The molecule has 0 aliphatic carbocycles. The van der Waals surface area contributed by atoms with Crippen LogP contribution in [0.2, 0.25) is 0 Å². The maximum Gasteiger partial charge on any atom is 0.153 e. The van der Waals surface area contributed by atoms with E-state index in [1.807, 2.05) is 25.1 Å². The van der Waals surface area contributed by atoms with Gasteiger partial charge in [-0.2, -0.15) is 0 Å². The van der Waals surface area contributed by atoms with Gasteiger partial charge < -0.3 is 9.84 Å². The Morgan fingerprint density at radius 2 is 2.12 bits per heavy atom. The summed E-state index contributed by atoms with van der Waals surface area (Å²) in [4.78, 5) is 10.8. The van der Waals surface area contributed by atoms with E-state index in [1.165, 1.54) is 0 Å². The van der Waals surface area contributed by atoms with Crippen molar-refractivity contribution in [3.63, 3.8) is 0 Å². The van der Waals surface area contributed by atoms with Crippen LogP contribution in [0.15, 0.2) is 18.2 Å². The minimum atomic E-state index is 0.226. The molecule has 1 aromatic carbocycles. The summed E-state index contributed by atoms with van der Waals surface area (Å²) in [5, 5.41) is 8.61. The van der Waals surface area contributed by atoms with Crippen molar-refractivity contribution in [3.05, 3.63) is 29.3 Å². The highest BCUT2D eigenvalue weighted by Crippen LogP contribution is 2.18. The SMILES string of the molecule is Cc1ccc(OCCCCCO)c(C=O)c1. The van der Waals surface area contributed by atoms with Gasteiger partial charge >= 0.3 is 0 Å². The Morgan fingerprint density at radius 3 is 2.81 bits per heavy atom. The highest BCUT2D eigenvalue weighted by molar-refractivity contribution is 5.79. The second-order valence-electron chi connectivity index (χ2n) is 3.79. The number of aliphatic hydroxyl groups excluding tert-OH is 1. The number of aryl methyl sites for hydroxylation is 1. The number of benzene rings is 1. The molecule has 0 unspecified atom stereocenters. The largest absolute Gasteiger partial charge is 0.493 e. The van der Waals surface area contributed by atoms with Crippen LogP contribution in [-0.4, -0.2) is 24.6 Å². The van der Waals surface area contributed by atoms with E-state index in [9.17, 15) is 4.79 Å². The molecule has 1 aromatic rings. The topological polar surface area (TPSA) is 46.5 Å². The van der Waals surface area contributed by atoms with Crippen LogP contribution in [0.3, 0.4) is 0 Å². The van der Waals surface area contributed by atoms with E-state index in [1.54, 1.807) is 0 Å². The van der Waals surface area contributed by atoms with E-state index in [-0.39, 0.29) is 6.61 Å². The lowest BCUT2D eigenvalue weighted by atomic mass is 10.1. The molecule has 3 nitrogen and oxygen atoms in total. The molecule has 0 aliphatic rings. The fourth-order valence-corrected chi connectivity index (χ4v) is 1.46. The maximum atomic E-state index is 10.8. The van der Waals surface area contributed by atoms with Crippen molar-refractivity contribution in [2.75, 3.05) is 13.2 Å². The molecule has 3 heteroatoms. The van der Waals surface area contributed by atoms with Crippen LogP contribution >= 0.6 is 0 Å². The average Bonchev–Trinajstić information content (AvgIpc) is 2.30. The van der Waals surface area contributed by atoms with Gasteiger partial charge in [-0.15, -0.1) is 0 Å². The Hall–Kier alpha value is -1.35. The number of hydrogen-bond acceptors (Lipinski definition) is 3. The second kappa shape index (κ2) is 7.01. The molecule has 0 atom stereocenters. The van der Waals surface area contributed by atoms with Crippen molar-refractivity contribution >= 4 is 6.29 Å². The van der Waals surface area contributed by atoms with Crippen LogP contribution in [0.1, 0.15) is 35.2 Å². The number of unbranched alkanes of at least 4 members (excludes halogenated alkanes) is 2. The molecule has 0 saturated carbocycles. The van der Waals surface area contributed by atoms with Gasteiger partial charge in [0.05, 0.1) is 12.2 Å². The Bertz CT molecular complexity index is 334. The molecule has 1 rings (SSSR count). The third-order valence-electron chi connectivity index (χ3n) is 2.35. The van der Waals surface area contributed by atoms with E-state index in [4.69, 9.17) is 9.84 Å². The Labute approximate surface area is 96.1 Å². The number of carbonyl (C=O) groups excluding carboxylic acids is 1. The zero-order chi connectivity index (χ0) is 11.8. The zero-order valence-corrected chi connectivity index (χ0v) is 9.61. The van der Waals surface area contributed by atoms with Gasteiger partial charge in [0.2, 0.25) is 0 Å². The molecule has 0 amide bonds. The van der Waals surface area contributed by atoms with Crippen LogP contribution in [0.5, 0.6) is 5.75 Å². The summed E-state index contributed by atoms with van der Waals surface area (Å²) in [6.07, 6.45) is 3.46. The monoisotopic (exact) mass is 222 g/mol. The van der Waals surface area contributed by atoms with Crippen LogP contribution < -0.4 is 4.74 Å². The number of hydrogen-bond donors (Lipinski definition) is 1. The van der Waals surface area contributed by atoms with E-state index in [2.05, 4.69) is 0 Å². The quantitative estimate of drug-likeness (QED) is 0.569. The van der Waals surface area contributed by atoms with Crippen LogP contribution in [0.25, 0.3) is 0 Å². The molecule has 0 spiro atoms. The van der Waals surface area contributed by atoms with Crippen molar-refractivity contribution in [1.29, 1.82) is 0 Å². The zero-order valence-electron chi connectivity index (χ0n) is 9.61. The fourth-order valence-electron chi connectivity index (χ4n) is 1.46. The number of carbonyl (C=O) groups is 1. The number of ether oxygens (including phenoxy) is 1. The van der Waals surface area contributed by atoms with Gasteiger partial charge in [-0.25, -0.2) is 0 Å². The van der Waals surface area contributed by atoms with E-state index in [0.717, 1.165) is 31.1 Å². The first-order valence-electron chi connectivity index (χ1n) is 5.57. The van der Waals surface area contributed by atoms with Gasteiger partial charge in [0.15, 0.2) is 6.29 Å². The normalized spacial score (nSPS) is 10.1. The van der Waals surface area contributed by atoms with Crippen LogP contribution in [-0.2, 0) is 0 Å². The summed E-state index contributed by atoms with van der Waals surface area (Å²) in [5.74, 6) is 0.643. The molecule has 0 saturated heterocycles. The number of aldehydes is 1. The van der Waals surface area contributed by atoms with Crippen molar-refractivity contribution in [3.8, 4) is 5.75 Å². The molecule has 0 radical (unpaired) electrons. The second-order valence-corrected chi connectivity index (χ2v) is 3.79. The van der Waals surface area contributed by atoms with Crippen LogP contribution in [0, 0.1) is 6.92 Å². The lowest BCUT2D eigenvalue weighted by Gasteiger charge is -2.08. The smallest absolute Gasteiger partial charge is 0.153 e. The third-order valence-corrected chi connectivity index (χ3v) is 2.35. The summed E-state index contributed by atoms with van der Waals surface area (Å²) in [5.41, 5.74) is 1.65. The summed E-state index contributed by atoms with van der Waals surface area (Å²) in [7, 11) is 0. The van der Waals surface area contributed by atoms with Gasteiger partial charge in [-0.05, 0) is 38.3 Å². The first-order chi connectivity index (χ1) is 7.77. The molecular formula is C13H18O3. The molecule has 0 heterocycles. The molecule has 88 valence electrons. The van der Waals surface area contributed by atoms with Crippen molar-refractivity contribution in [2.24, 2.45) is 0 Å². The maximum absolute atomic E-state index is 10.8. The van der Waals surface area contributed by atoms with E-state index < -0.39 is 0 Å². The Balaban J connectivity index is 2.44. The highest BCUT2D eigenvalue weighted by atomic mass is 16.5. The minimum Gasteiger partial charge on any atom is -0.493 e. The molecule has 1 N–H and O–H groups in total.